The van der Waals surface area contributed by atoms with Gasteiger partial charge < -0.3 is 23.8 Å². The largest absolute Gasteiger partial charge is 0.489 e. The summed E-state index contributed by atoms with van der Waals surface area (Å²) in [5, 5.41) is 0. The fourth-order valence-electron chi connectivity index (χ4n) is 3.70. The van der Waals surface area contributed by atoms with Crippen molar-refractivity contribution >= 4 is 19.3 Å². The van der Waals surface area contributed by atoms with Crippen LogP contribution in [0.1, 0.15) is 24.0 Å². The Bertz CT molecular complexity index is 1330. The maximum Gasteiger partial charge on any atom is 0.311 e. The zero-order valence-electron chi connectivity index (χ0n) is 22.4. The van der Waals surface area contributed by atoms with Gasteiger partial charge in [0.05, 0.1) is 12.8 Å². The molecule has 0 atom stereocenters. The smallest absolute Gasteiger partial charge is 0.311 e. The number of carbonyl (C=O) groups excluding carboxylic acids is 2. The van der Waals surface area contributed by atoms with Gasteiger partial charge in [-0.2, -0.15) is 0 Å². The summed E-state index contributed by atoms with van der Waals surface area (Å²) in [5.74, 6) is 0.550. The molecule has 4 aromatic carbocycles. The first-order chi connectivity index (χ1) is 19.8. The molecule has 4 aromatic rings. The fraction of sp³-hybridized carbons (Fsp3) is 0.188. The second-order valence-electron chi connectivity index (χ2n) is 9.23. The molecule has 0 aliphatic heterocycles. The molecule has 212 valence electrons. The van der Waals surface area contributed by atoms with E-state index in [-0.39, 0.29) is 25.2 Å². The summed E-state index contributed by atoms with van der Waals surface area (Å²) in [7, 11) is -3.74. The van der Waals surface area contributed by atoms with E-state index in [0.717, 1.165) is 11.1 Å². The second-order valence-corrected chi connectivity index (χ2v) is 11.8. The van der Waals surface area contributed by atoms with E-state index in [9.17, 15) is 19.0 Å². The number of esters is 2. The molecular formula is C32H31O8P. The van der Waals surface area contributed by atoms with E-state index in [2.05, 4.69) is 0 Å². The van der Waals surface area contributed by atoms with Gasteiger partial charge in [0.15, 0.2) is 0 Å². The molecule has 0 spiro atoms. The Morgan fingerprint density at radius 2 is 0.878 bits per heavy atom. The molecule has 0 fully saturated rings. The van der Waals surface area contributed by atoms with Crippen molar-refractivity contribution in [2.75, 3.05) is 12.3 Å². The molecule has 0 saturated carbocycles. The summed E-state index contributed by atoms with van der Waals surface area (Å²) in [6.07, 6.45) is -1.13. The summed E-state index contributed by atoms with van der Waals surface area (Å²) in [6, 6.07) is 32.5. The zero-order chi connectivity index (χ0) is 28.9. The molecular weight excluding hydrogens is 543 g/mol. The molecule has 1 N–H and O–H groups in total. The lowest BCUT2D eigenvalue weighted by molar-refractivity contribution is -0.134. The molecule has 0 aromatic heterocycles. The van der Waals surface area contributed by atoms with E-state index < -0.39 is 19.3 Å². The lowest BCUT2D eigenvalue weighted by Gasteiger charge is -2.12. The summed E-state index contributed by atoms with van der Waals surface area (Å²) in [4.78, 5) is 34.6. The van der Waals surface area contributed by atoms with Gasteiger partial charge in [0.2, 0.25) is 7.37 Å². The van der Waals surface area contributed by atoms with Gasteiger partial charge in [0.25, 0.3) is 0 Å². The number of hydrogen-bond donors (Lipinski definition) is 1. The van der Waals surface area contributed by atoms with E-state index in [1.807, 2.05) is 60.7 Å². The third-order valence-corrected chi connectivity index (χ3v) is 7.78. The van der Waals surface area contributed by atoms with Crippen LogP contribution in [0.5, 0.6) is 23.0 Å². The van der Waals surface area contributed by atoms with Crippen molar-refractivity contribution in [3.8, 4) is 23.0 Å². The van der Waals surface area contributed by atoms with Crippen molar-refractivity contribution in [2.45, 2.75) is 26.1 Å². The minimum absolute atomic E-state index is 0.264. The molecule has 0 amide bonds. The second kappa shape index (κ2) is 14.8. The number of rotatable bonds is 14. The normalized spacial score (nSPS) is 11.0. The number of carbonyl (C=O) groups is 2. The van der Waals surface area contributed by atoms with E-state index in [4.69, 9.17) is 18.9 Å². The standard InChI is InChI=1S/C32H31O8P/c33-31(39-29-15-11-27(12-16-29)37-23-25-7-3-1-4-8-25)19-21-41(35,36)22-20-32(34)40-30-17-13-28(14-18-30)38-24-26-9-5-2-6-10-26/h1-18H,19-24H2,(H,35,36). The first-order valence-electron chi connectivity index (χ1n) is 13.1. The Balaban J connectivity index is 1.13. The first-order valence-corrected chi connectivity index (χ1v) is 15.1. The van der Waals surface area contributed by atoms with Gasteiger partial charge in [0.1, 0.15) is 36.2 Å². The third-order valence-electron chi connectivity index (χ3n) is 5.94. The highest BCUT2D eigenvalue weighted by Crippen LogP contribution is 2.42. The summed E-state index contributed by atoms with van der Waals surface area (Å²) in [5.41, 5.74) is 2.06. The number of benzene rings is 4. The van der Waals surface area contributed by atoms with Crippen molar-refractivity contribution in [2.24, 2.45) is 0 Å². The highest BCUT2D eigenvalue weighted by atomic mass is 31.2. The van der Waals surface area contributed by atoms with Crippen molar-refractivity contribution in [3.63, 3.8) is 0 Å². The highest BCUT2D eigenvalue weighted by molar-refractivity contribution is 7.58. The van der Waals surface area contributed by atoms with E-state index in [0.29, 0.717) is 36.2 Å². The maximum absolute atomic E-state index is 12.5. The molecule has 0 unspecified atom stereocenters. The predicted octanol–water partition coefficient (Wildman–Crippen LogP) is 6.41. The van der Waals surface area contributed by atoms with Gasteiger partial charge in [-0.25, -0.2) is 0 Å². The minimum atomic E-state index is -3.74. The van der Waals surface area contributed by atoms with Crippen LogP contribution in [-0.4, -0.2) is 29.2 Å². The van der Waals surface area contributed by atoms with Crippen LogP contribution in [0.2, 0.25) is 0 Å². The summed E-state index contributed by atoms with van der Waals surface area (Å²) in [6.45, 7) is 0.825. The monoisotopic (exact) mass is 574 g/mol. The third kappa shape index (κ3) is 10.6. The maximum atomic E-state index is 12.5. The Kier molecular flexibility index (Phi) is 10.7. The van der Waals surface area contributed by atoms with Crippen LogP contribution in [0.15, 0.2) is 109 Å². The van der Waals surface area contributed by atoms with Crippen LogP contribution in [0.25, 0.3) is 0 Å². The van der Waals surface area contributed by atoms with E-state index >= 15 is 0 Å². The zero-order valence-corrected chi connectivity index (χ0v) is 23.3. The van der Waals surface area contributed by atoms with Gasteiger partial charge in [-0.05, 0) is 59.7 Å². The quantitative estimate of drug-likeness (QED) is 0.105. The van der Waals surface area contributed by atoms with Gasteiger partial charge in [-0.1, -0.05) is 60.7 Å². The molecule has 0 radical (unpaired) electrons. The average Bonchev–Trinajstić information content (AvgIpc) is 3.00. The Morgan fingerprint density at radius 3 is 1.24 bits per heavy atom. The SMILES string of the molecule is O=C(CCP(=O)(O)CCC(=O)Oc1ccc(OCc2ccccc2)cc1)Oc1ccc(OCc2ccccc2)cc1. The summed E-state index contributed by atoms with van der Waals surface area (Å²) >= 11 is 0. The Labute approximate surface area is 238 Å². The van der Waals surface area contributed by atoms with Gasteiger partial charge in [-0.15, -0.1) is 0 Å². The highest BCUT2D eigenvalue weighted by Gasteiger charge is 2.22. The minimum Gasteiger partial charge on any atom is -0.489 e. The molecule has 0 saturated heterocycles. The predicted molar refractivity (Wildman–Crippen MR) is 154 cm³/mol. The van der Waals surface area contributed by atoms with Crippen molar-refractivity contribution < 1.29 is 38.0 Å². The molecule has 0 aliphatic rings. The molecule has 0 heterocycles. The van der Waals surface area contributed by atoms with Crippen molar-refractivity contribution in [1.82, 2.24) is 0 Å². The topological polar surface area (TPSA) is 108 Å². The molecule has 0 aliphatic carbocycles. The van der Waals surface area contributed by atoms with Crippen LogP contribution in [-0.2, 0) is 27.4 Å². The van der Waals surface area contributed by atoms with Crippen LogP contribution in [0, 0.1) is 0 Å². The fourth-order valence-corrected chi connectivity index (χ4v) is 4.99. The van der Waals surface area contributed by atoms with E-state index in [1.165, 1.54) is 0 Å². The summed E-state index contributed by atoms with van der Waals surface area (Å²) < 4.78 is 34.4. The number of ether oxygens (including phenoxy) is 4. The number of hydrogen-bond acceptors (Lipinski definition) is 7. The first kappa shape index (κ1) is 29.6. The Hall–Kier alpha value is -4.39. The van der Waals surface area contributed by atoms with Crippen LogP contribution >= 0.6 is 7.37 Å². The molecule has 0 bridgehead atoms. The van der Waals surface area contributed by atoms with Crippen LogP contribution < -0.4 is 18.9 Å². The molecule has 4 rings (SSSR count). The van der Waals surface area contributed by atoms with Gasteiger partial charge in [-0.3, -0.25) is 14.2 Å². The van der Waals surface area contributed by atoms with E-state index in [1.54, 1.807) is 48.5 Å². The Morgan fingerprint density at radius 1 is 0.537 bits per heavy atom. The van der Waals surface area contributed by atoms with Crippen LogP contribution in [0.4, 0.5) is 0 Å². The lowest BCUT2D eigenvalue weighted by Crippen LogP contribution is -2.13. The molecule has 8 nitrogen and oxygen atoms in total. The van der Waals surface area contributed by atoms with Gasteiger partial charge in [0, 0.05) is 12.3 Å². The lowest BCUT2D eigenvalue weighted by atomic mass is 10.2. The van der Waals surface area contributed by atoms with Crippen molar-refractivity contribution in [1.29, 1.82) is 0 Å². The average molecular weight is 575 g/mol. The molecule has 9 heteroatoms. The van der Waals surface area contributed by atoms with Gasteiger partial charge >= 0.3 is 11.9 Å². The van der Waals surface area contributed by atoms with Crippen molar-refractivity contribution in [3.05, 3.63) is 120 Å². The van der Waals surface area contributed by atoms with Crippen LogP contribution in [0.3, 0.4) is 0 Å². The molecule has 41 heavy (non-hydrogen) atoms.